The fraction of sp³-hybridized carbons (Fsp3) is 0. The van der Waals surface area contributed by atoms with Crippen molar-refractivity contribution in [2.45, 2.75) is 0 Å². The molecule has 0 aliphatic carbocycles. The Morgan fingerprint density at radius 2 is 1.74 bits per heavy atom. The highest BCUT2D eigenvalue weighted by molar-refractivity contribution is 9.10. The van der Waals surface area contributed by atoms with Crippen LogP contribution in [-0.4, -0.2) is 21.5 Å². The molecule has 1 saturated heterocycles. The molecule has 1 aliphatic rings. The third kappa shape index (κ3) is 3.96. The molecule has 23 heavy (non-hydrogen) atoms. The molecule has 0 atom stereocenters. The molecule has 0 bridgehead atoms. The Morgan fingerprint density at radius 1 is 1.04 bits per heavy atom. The molecule has 1 heterocycles. The van der Waals surface area contributed by atoms with E-state index in [-0.39, 0.29) is 5.91 Å². The molecule has 1 fully saturated rings. The van der Waals surface area contributed by atoms with E-state index < -0.39 is 0 Å². The van der Waals surface area contributed by atoms with Crippen LogP contribution in [0.3, 0.4) is 0 Å². The Hall–Kier alpha value is -1.76. The average molecular weight is 403 g/mol. The van der Waals surface area contributed by atoms with E-state index in [4.69, 9.17) is 12.2 Å². The summed E-state index contributed by atoms with van der Waals surface area (Å²) in [7, 11) is 0. The van der Waals surface area contributed by atoms with Gasteiger partial charge in [0.05, 0.1) is 11.1 Å². The highest BCUT2D eigenvalue weighted by atomic mass is 79.9. The first-order valence-electron chi connectivity index (χ1n) is 6.76. The minimum atomic E-state index is -0.197. The summed E-state index contributed by atoms with van der Waals surface area (Å²) in [5.41, 5.74) is 1.86. The lowest BCUT2D eigenvalue weighted by molar-refractivity contribution is -0.122. The zero-order chi connectivity index (χ0) is 16.2. The molecule has 2 aromatic carbocycles. The molecule has 3 rings (SSSR count). The summed E-state index contributed by atoms with van der Waals surface area (Å²) in [4.78, 5) is 13.0. The summed E-state index contributed by atoms with van der Waals surface area (Å²) in [5, 5.41) is 5.48. The summed E-state index contributed by atoms with van der Waals surface area (Å²) >= 11 is 9.90. The largest absolute Gasteiger partial charge is 0.286 e. The highest BCUT2D eigenvalue weighted by Gasteiger charge is 2.31. The third-order valence-corrected chi connectivity index (χ3v) is 4.87. The number of benzene rings is 2. The van der Waals surface area contributed by atoms with Crippen LogP contribution in [-0.2, 0) is 4.79 Å². The first-order valence-corrected chi connectivity index (χ1v) is 8.78. The number of hydrogen-bond acceptors (Lipinski definition) is 4. The minimum absolute atomic E-state index is 0.197. The summed E-state index contributed by atoms with van der Waals surface area (Å²) in [6, 6.07) is 17.3. The predicted molar refractivity (Wildman–Crippen MR) is 103 cm³/mol. The molecule has 0 radical (unpaired) electrons. The van der Waals surface area contributed by atoms with E-state index in [0.717, 1.165) is 15.6 Å². The number of amides is 1. The maximum absolute atomic E-state index is 12.4. The van der Waals surface area contributed by atoms with E-state index >= 15 is 0 Å². The number of nitrogens with zero attached hydrogens (tertiary/aromatic N) is 2. The molecule has 3 nitrogen and oxygen atoms in total. The average Bonchev–Trinajstić information content (AvgIpc) is 2.82. The van der Waals surface area contributed by atoms with Crippen molar-refractivity contribution in [3.8, 4) is 0 Å². The summed E-state index contributed by atoms with van der Waals surface area (Å²) < 4.78 is 1.43. The second-order valence-electron chi connectivity index (χ2n) is 4.70. The van der Waals surface area contributed by atoms with Gasteiger partial charge < -0.3 is 0 Å². The number of halogens is 1. The lowest BCUT2D eigenvalue weighted by Crippen LogP contribution is -2.22. The quantitative estimate of drug-likeness (QED) is 0.424. The number of carbonyl (C=O) groups excluding carboxylic acids is 1. The van der Waals surface area contributed by atoms with Gasteiger partial charge in [0.2, 0.25) is 0 Å². The van der Waals surface area contributed by atoms with Gasteiger partial charge in [-0.25, -0.2) is 0 Å². The fourth-order valence-electron chi connectivity index (χ4n) is 1.93. The molecule has 0 saturated carbocycles. The molecule has 0 unspecified atom stereocenters. The molecular formula is C17H11BrN2OS2. The first-order chi connectivity index (χ1) is 11.1. The van der Waals surface area contributed by atoms with Crippen LogP contribution in [0.15, 0.2) is 69.1 Å². The topological polar surface area (TPSA) is 32.7 Å². The number of carbonyl (C=O) groups is 1. The molecule has 6 heteroatoms. The van der Waals surface area contributed by atoms with Gasteiger partial charge in [-0.3, -0.25) is 4.79 Å². The summed E-state index contributed by atoms with van der Waals surface area (Å²) in [6.07, 6.45) is 3.46. The molecule has 0 aromatic heterocycles. The second kappa shape index (κ2) is 7.21. The van der Waals surface area contributed by atoms with E-state index in [1.54, 1.807) is 6.21 Å². The van der Waals surface area contributed by atoms with E-state index in [1.807, 2.05) is 60.7 Å². The normalized spacial score (nSPS) is 16.7. The van der Waals surface area contributed by atoms with Crippen molar-refractivity contribution in [3.63, 3.8) is 0 Å². The Labute approximate surface area is 152 Å². The van der Waals surface area contributed by atoms with Gasteiger partial charge >= 0.3 is 0 Å². The van der Waals surface area contributed by atoms with Crippen LogP contribution in [0.25, 0.3) is 6.08 Å². The smallest absolute Gasteiger partial charge is 0.266 e. The minimum Gasteiger partial charge on any atom is -0.266 e. The lowest BCUT2D eigenvalue weighted by Gasteiger charge is -2.06. The van der Waals surface area contributed by atoms with Crippen LogP contribution in [0, 0.1) is 0 Å². The van der Waals surface area contributed by atoms with Crippen LogP contribution in [0.5, 0.6) is 0 Å². The first kappa shape index (κ1) is 16.1. The van der Waals surface area contributed by atoms with Crippen LogP contribution in [0.1, 0.15) is 11.1 Å². The van der Waals surface area contributed by atoms with E-state index in [1.165, 1.54) is 16.8 Å². The van der Waals surface area contributed by atoms with Crippen LogP contribution in [0.2, 0.25) is 0 Å². The van der Waals surface area contributed by atoms with Crippen molar-refractivity contribution < 1.29 is 4.79 Å². The number of rotatable bonds is 3. The summed E-state index contributed by atoms with van der Waals surface area (Å²) in [5.74, 6) is -0.197. The fourth-order valence-corrected chi connectivity index (χ4v) is 3.37. The van der Waals surface area contributed by atoms with Crippen molar-refractivity contribution in [1.29, 1.82) is 0 Å². The van der Waals surface area contributed by atoms with Crippen molar-refractivity contribution in [2.75, 3.05) is 0 Å². The van der Waals surface area contributed by atoms with Gasteiger partial charge in [0.1, 0.15) is 0 Å². The molecular weight excluding hydrogens is 392 g/mol. The van der Waals surface area contributed by atoms with Gasteiger partial charge in [-0.05, 0) is 41.6 Å². The Morgan fingerprint density at radius 3 is 2.43 bits per heavy atom. The van der Waals surface area contributed by atoms with Gasteiger partial charge in [0.15, 0.2) is 4.32 Å². The van der Waals surface area contributed by atoms with E-state index in [9.17, 15) is 4.79 Å². The molecule has 0 spiro atoms. The highest BCUT2D eigenvalue weighted by Crippen LogP contribution is 2.32. The predicted octanol–water partition coefficient (Wildman–Crippen LogP) is 4.68. The zero-order valence-electron chi connectivity index (χ0n) is 11.8. The number of thiocarbonyl (C=S) groups is 1. The standard InChI is InChI=1S/C17H11BrN2OS2/c18-14-8-6-13(7-9-14)11-19-20-16(21)15(23-17(20)22)10-12-4-2-1-3-5-12/h1-11H/b15-10+,19-11+. The lowest BCUT2D eigenvalue weighted by atomic mass is 10.2. The van der Waals surface area contributed by atoms with Crippen LogP contribution in [0.4, 0.5) is 0 Å². The van der Waals surface area contributed by atoms with Gasteiger partial charge in [0, 0.05) is 4.47 Å². The van der Waals surface area contributed by atoms with Crippen LogP contribution >= 0.6 is 39.9 Å². The molecule has 114 valence electrons. The van der Waals surface area contributed by atoms with Crippen molar-refractivity contribution in [3.05, 3.63) is 75.1 Å². The zero-order valence-corrected chi connectivity index (χ0v) is 15.1. The third-order valence-electron chi connectivity index (χ3n) is 3.06. The maximum Gasteiger partial charge on any atom is 0.286 e. The van der Waals surface area contributed by atoms with Gasteiger partial charge in [-0.15, -0.1) is 0 Å². The van der Waals surface area contributed by atoms with Gasteiger partial charge in [-0.1, -0.05) is 70.2 Å². The SMILES string of the molecule is O=C1/C(=C\c2ccccc2)SC(=S)N1/N=C/c1ccc(Br)cc1. The second-order valence-corrected chi connectivity index (χ2v) is 7.29. The monoisotopic (exact) mass is 402 g/mol. The number of hydrogen-bond donors (Lipinski definition) is 0. The van der Waals surface area contributed by atoms with Crippen molar-refractivity contribution in [1.82, 2.24) is 5.01 Å². The van der Waals surface area contributed by atoms with E-state index in [2.05, 4.69) is 21.0 Å². The maximum atomic E-state index is 12.4. The number of hydrazone groups is 1. The van der Waals surface area contributed by atoms with E-state index in [0.29, 0.717) is 9.23 Å². The number of thioether (sulfide) groups is 1. The summed E-state index contributed by atoms with van der Waals surface area (Å²) in [6.45, 7) is 0. The van der Waals surface area contributed by atoms with Gasteiger partial charge in [-0.2, -0.15) is 10.1 Å². The molecule has 1 amide bonds. The Balaban J connectivity index is 1.79. The molecule has 2 aromatic rings. The Bertz CT molecular complexity index is 801. The van der Waals surface area contributed by atoms with Crippen molar-refractivity contribution in [2.24, 2.45) is 5.10 Å². The Kier molecular flexibility index (Phi) is 5.05. The van der Waals surface area contributed by atoms with Crippen LogP contribution < -0.4 is 0 Å². The van der Waals surface area contributed by atoms with Crippen molar-refractivity contribution >= 4 is 62.4 Å². The molecule has 0 N–H and O–H groups in total. The van der Waals surface area contributed by atoms with Gasteiger partial charge in [0.25, 0.3) is 5.91 Å². The molecule has 1 aliphatic heterocycles.